The number of aromatic nitrogens is 1. The van der Waals surface area contributed by atoms with E-state index in [0.717, 1.165) is 18.7 Å². The van der Waals surface area contributed by atoms with Crippen molar-refractivity contribution in [2.24, 2.45) is 0 Å². The summed E-state index contributed by atoms with van der Waals surface area (Å²) in [5, 5.41) is 28.5. The zero-order chi connectivity index (χ0) is 12.3. The Morgan fingerprint density at radius 2 is 1.88 bits per heavy atom. The van der Waals surface area contributed by atoms with Gasteiger partial charge in [0.05, 0.1) is 12.2 Å². The first kappa shape index (κ1) is 12.4. The molecule has 1 aromatic heterocycles. The zero-order valence-electron chi connectivity index (χ0n) is 9.61. The van der Waals surface area contributed by atoms with Gasteiger partial charge >= 0.3 is 0 Å². The Kier molecular flexibility index (Phi) is 4.06. The maximum atomic E-state index is 9.55. The third-order valence-corrected chi connectivity index (χ3v) is 3.09. The number of likely N-dealkylation sites (tertiary alicyclic amines) is 1. The number of nitrogens with zero attached hydrogens (tertiary/aromatic N) is 2. The Bertz CT molecular complexity index is 335. The van der Waals surface area contributed by atoms with Crippen molar-refractivity contribution in [3.05, 3.63) is 30.1 Å². The molecule has 1 aliphatic heterocycles. The van der Waals surface area contributed by atoms with Crippen LogP contribution in [0.5, 0.6) is 0 Å². The highest BCUT2D eigenvalue weighted by Gasteiger charge is 2.32. The van der Waals surface area contributed by atoms with Crippen LogP contribution in [-0.4, -0.2) is 63.1 Å². The van der Waals surface area contributed by atoms with Crippen LogP contribution in [0.25, 0.3) is 0 Å². The van der Waals surface area contributed by atoms with E-state index in [1.165, 1.54) is 0 Å². The largest absolute Gasteiger partial charge is 0.389 e. The summed E-state index contributed by atoms with van der Waals surface area (Å²) in [6.07, 6.45) is -0.249. The number of hydrogen-bond donors (Lipinski definition) is 3. The number of piperidine rings is 1. The van der Waals surface area contributed by atoms with Crippen LogP contribution < -0.4 is 0 Å². The molecule has 1 aliphatic rings. The van der Waals surface area contributed by atoms with Crippen molar-refractivity contribution in [1.82, 2.24) is 9.88 Å². The summed E-state index contributed by atoms with van der Waals surface area (Å²) in [6.45, 7) is 1.51. The van der Waals surface area contributed by atoms with Crippen LogP contribution in [0.2, 0.25) is 0 Å². The van der Waals surface area contributed by atoms with Crippen molar-refractivity contribution in [2.45, 2.75) is 24.7 Å². The SMILES string of the molecule is OC1[C@H](O)CN(CCc2ccccn2)C[C@@H]1O. The molecule has 1 saturated heterocycles. The lowest BCUT2D eigenvalue weighted by Crippen LogP contribution is -2.55. The fourth-order valence-corrected chi connectivity index (χ4v) is 2.08. The smallest absolute Gasteiger partial charge is 0.108 e. The highest BCUT2D eigenvalue weighted by atomic mass is 16.4. The Labute approximate surface area is 100 Å². The summed E-state index contributed by atoms with van der Waals surface area (Å²) in [4.78, 5) is 6.16. The van der Waals surface area contributed by atoms with E-state index in [4.69, 9.17) is 0 Å². The number of aliphatic hydroxyl groups is 3. The van der Waals surface area contributed by atoms with Crippen molar-refractivity contribution in [3.8, 4) is 0 Å². The van der Waals surface area contributed by atoms with Crippen LogP contribution in [0.1, 0.15) is 5.69 Å². The van der Waals surface area contributed by atoms with Gasteiger partial charge in [0.25, 0.3) is 0 Å². The van der Waals surface area contributed by atoms with Crippen LogP contribution in [0.15, 0.2) is 24.4 Å². The van der Waals surface area contributed by atoms with Gasteiger partial charge in [-0.05, 0) is 12.1 Å². The second-order valence-corrected chi connectivity index (χ2v) is 4.46. The van der Waals surface area contributed by atoms with E-state index in [9.17, 15) is 15.3 Å². The molecule has 1 fully saturated rings. The molecule has 0 aromatic carbocycles. The molecule has 0 radical (unpaired) electrons. The molecule has 0 aliphatic carbocycles. The fraction of sp³-hybridized carbons (Fsp3) is 0.583. The summed E-state index contributed by atoms with van der Waals surface area (Å²) >= 11 is 0. The van der Waals surface area contributed by atoms with Crippen LogP contribution in [0.4, 0.5) is 0 Å². The first-order valence-corrected chi connectivity index (χ1v) is 5.83. The molecule has 17 heavy (non-hydrogen) atoms. The molecule has 1 aromatic rings. The van der Waals surface area contributed by atoms with E-state index >= 15 is 0 Å². The predicted octanol–water partition coefficient (Wildman–Crippen LogP) is -0.978. The molecule has 2 rings (SSSR count). The molecule has 0 amide bonds. The second-order valence-electron chi connectivity index (χ2n) is 4.46. The van der Waals surface area contributed by atoms with Gasteiger partial charge in [0, 0.05) is 37.9 Å². The molecule has 5 nitrogen and oxygen atoms in total. The third kappa shape index (κ3) is 3.23. The van der Waals surface area contributed by atoms with Crippen molar-refractivity contribution in [1.29, 1.82) is 0 Å². The van der Waals surface area contributed by atoms with Gasteiger partial charge in [-0.3, -0.25) is 9.88 Å². The van der Waals surface area contributed by atoms with E-state index < -0.39 is 18.3 Å². The van der Waals surface area contributed by atoms with Gasteiger partial charge in [-0.15, -0.1) is 0 Å². The molecule has 1 unspecified atom stereocenters. The van der Waals surface area contributed by atoms with E-state index in [-0.39, 0.29) is 0 Å². The molecule has 2 heterocycles. The maximum absolute atomic E-state index is 9.55. The van der Waals surface area contributed by atoms with E-state index in [1.807, 2.05) is 23.1 Å². The molecular weight excluding hydrogens is 220 g/mol. The molecule has 5 heteroatoms. The Morgan fingerprint density at radius 1 is 1.18 bits per heavy atom. The summed E-state index contributed by atoms with van der Waals surface area (Å²) in [5.74, 6) is 0. The average molecular weight is 238 g/mol. The first-order chi connectivity index (χ1) is 8.16. The fourth-order valence-electron chi connectivity index (χ4n) is 2.08. The number of β-amino-alcohol motifs (C(OH)–C–C–N with tert-alkyl or cyclic N) is 2. The Hall–Kier alpha value is -1.01. The maximum Gasteiger partial charge on any atom is 0.108 e. The summed E-state index contributed by atoms with van der Waals surface area (Å²) < 4.78 is 0. The number of pyridine rings is 1. The zero-order valence-corrected chi connectivity index (χ0v) is 9.61. The topological polar surface area (TPSA) is 76.8 Å². The van der Waals surface area contributed by atoms with Crippen LogP contribution in [-0.2, 0) is 6.42 Å². The molecule has 0 bridgehead atoms. The minimum Gasteiger partial charge on any atom is -0.389 e. The quantitative estimate of drug-likeness (QED) is 0.631. The average Bonchev–Trinajstić information content (AvgIpc) is 2.34. The van der Waals surface area contributed by atoms with E-state index in [0.29, 0.717) is 13.1 Å². The summed E-state index contributed by atoms with van der Waals surface area (Å²) in [6, 6.07) is 5.76. The summed E-state index contributed by atoms with van der Waals surface area (Å²) in [5.41, 5.74) is 0.989. The molecule has 94 valence electrons. The third-order valence-electron chi connectivity index (χ3n) is 3.09. The van der Waals surface area contributed by atoms with Gasteiger partial charge in [0.1, 0.15) is 6.10 Å². The monoisotopic (exact) mass is 238 g/mol. The van der Waals surface area contributed by atoms with Crippen LogP contribution in [0, 0.1) is 0 Å². The van der Waals surface area contributed by atoms with Gasteiger partial charge in [-0.1, -0.05) is 6.07 Å². The molecular formula is C12H18N2O3. The predicted molar refractivity (Wildman–Crippen MR) is 62.4 cm³/mol. The molecule has 3 N–H and O–H groups in total. The van der Waals surface area contributed by atoms with Gasteiger partial charge in [-0.2, -0.15) is 0 Å². The highest BCUT2D eigenvalue weighted by Crippen LogP contribution is 2.12. The minimum atomic E-state index is -1.03. The molecule has 0 spiro atoms. The molecule has 3 atom stereocenters. The summed E-state index contributed by atoms with van der Waals surface area (Å²) in [7, 11) is 0. The number of rotatable bonds is 3. The number of hydrogen-bond acceptors (Lipinski definition) is 5. The van der Waals surface area contributed by atoms with Crippen molar-refractivity contribution < 1.29 is 15.3 Å². The lowest BCUT2D eigenvalue weighted by molar-refractivity contribution is -0.109. The lowest BCUT2D eigenvalue weighted by atomic mass is 10.0. The minimum absolute atomic E-state index is 0.394. The van der Waals surface area contributed by atoms with Crippen LogP contribution in [0.3, 0.4) is 0 Å². The standard InChI is InChI=1S/C12H18N2O3/c15-10-7-14(8-11(16)12(10)17)6-4-9-3-1-2-5-13-9/h1-3,5,10-12,15-17H,4,6-8H2/t10-,11+,12?. The van der Waals surface area contributed by atoms with Gasteiger partial charge in [0.15, 0.2) is 0 Å². The first-order valence-electron chi connectivity index (χ1n) is 5.83. The lowest BCUT2D eigenvalue weighted by Gasteiger charge is -2.36. The highest BCUT2D eigenvalue weighted by molar-refractivity contribution is 5.04. The van der Waals surface area contributed by atoms with E-state index in [1.54, 1.807) is 6.20 Å². The van der Waals surface area contributed by atoms with Gasteiger partial charge < -0.3 is 15.3 Å². The molecule has 0 saturated carbocycles. The Morgan fingerprint density at radius 3 is 2.47 bits per heavy atom. The van der Waals surface area contributed by atoms with Crippen molar-refractivity contribution in [3.63, 3.8) is 0 Å². The second kappa shape index (κ2) is 5.55. The van der Waals surface area contributed by atoms with E-state index in [2.05, 4.69) is 4.98 Å². The van der Waals surface area contributed by atoms with Crippen molar-refractivity contribution in [2.75, 3.05) is 19.6 Å². The Balaban J connectivity index is 1.84. The van der Waals surface area contributed by atoms with Gasteiger partial charge in [0.2, 0.25) is 0 Å². The van der Waals surface area contributed by atoms with Crippen molar-refractivity contribution >= 4 is 0 Å². The number of aliphatic hydroxyl groups excluding tert-OH is 3. The van der Waals surface area contributed by atoms with Crippen LogP contribution >= 0.6 is 0 Å². The van der Waals surface area contributed by atoms with Gasteiger partial charge in [-0.25, -0.2) is 0 Å². The normalized spacial score (nSPS) is 30.4.